The van der Waals surface area contributed by atoms with Crippen molar-refractivity contribution in [2.24, 2.45) is 0 Å². The zero-order valence-electron chi connectivity index (χ0n) is 7.61. The Hall–Kier alpha value is -1.13. The van der Waals surface area contributed by atoms with Crippen molar-refractivity contribution < 1.29 is 9.90 Å². The summed E-state index contributed by atoms with van der Waals surface area (Å²) in [5.74, 6) is -0.880. The molecule has 76 valence electrons. The van der Waals surface area contributed by atoms with E-state index in [9.17, 15) is 4.79 Å². The molecule has 0 aliphatic heterocycles. The van der Waals surface area contributed by atoms with E-state index in [2.05, 4.69) is 15.9 Å². The number of hydrogen-bond acceptors (Lipinski definition) is 2. The van der Waals surface area contributed by atoms with Crippen molar-refractivity contribution >= 4 is 33.2 Å². The van der Waals surface area contributed by atoms with Crippen LogP contribution in [0.3, 0.4) is 0 Å². The van der Waals surface area contributed by atoms with E-state index in [-0.39, 0.29) is 0 Å². The molecule has 0 fully saturated rings. The van der Waals surface area contributed by atoms with E-state index in [1.807, 2.05) is 24.3 Å². The molecule has 0 atom stereocenters. The first kappa shape index (κ1) is 10.4. The summed E-state index contributed by atoms with van der Waals surface area (Å²) >= 11 is 4.80. The molecule has 1 N–H and O–H groups in total. The van der Waals surface area contributed by atoms with Crippen molar-refractivity contribution in [3.05, 3.63) is 45.7 Å². The Morgan fingerprint density at radius 1 is 1.27 bits per heavy atom. The highest BCUT2D eigenvalue weighted by molar-refractivity contribution is 9.10. The van der Waals surface area contributed by atoms with Crippen LogP contribution in [0, 0.1) is 0 Å². The van der Waals surface area contributed by atoms with Crippen molar-refractivity contribution in [2.45, 2.75) is 0 Å². The van der Waals surface area contributed by atoms with Gasteiger partial charge < -0.3 is 5.11 Å². The molecule has 4 heteroatoms. The minimum Gasteiger partial charge on any atom is -0.478 e. The standard InChI is InChI=1S/C11H7BrO2S/c12-9-3-1-7(2-4-9)10-5-8(6-15-10)11(13)14/h1-6H,(H,13,14). The summed E-state index contributed by atoms with van der Waals surface area (Å²) in [6, 6.07) is 9.49. The van der Waals surface area contributed by atoms with Crippen LogP contribution in [0.15, 0.2) is 40.2 Å². The molecule has 0 saturated carbocycles. The molecule has 15 heavy (non-hydrogen) atoms. The monoisotopic (exact) mass is 282 g/mol. The first-order chi connectivity index (χ1) is 7.16. The molecule has 0 amide bonds. The van der Waals surface area contributed by atoms with Gasteiger partial charge in [0.15, 0.2) is 0 Å². The fourth-order valence-electron chi connectivity index (χ4n) is 1.21. The molecule has 2 nitrogen and oxygen atoms in total. The minimum atomic E-state index is -0.880. The quantitative estimate of drug-likeness (QED) is 0.908. The summed E-state index contributed by atoms with van der Waals surface area (Å²) in [6.45, 7) is 0. The van der Waals surface area contributed by atoms with Gasteiger partial charge in [-0.1, -0.05) is 28.1 Å². The lowest BCUT2D eigenvalue weighted by atomic mass is 10.2. The number of benzene rings is 1. The minimum absolute atomic E-state index is 0.345. The molecule has 0 bridgehead atoms. The molecule has 0 aliphatic rings. The van der Waals surface area contributed by atoms with Crippen LogP contribution < -0.4 is 0 Å². The van der Waals surface area contributed by atoms with Crippen molar-refractivity contribution in [3.63, 3.8) is 0 Å². The molecule has 0 spiro atoms. The van der Waals surface area contributed by atoms with Crippen LogP contribution in [0.5, 0.6) is 0 Å². The summed E-state index contributed by atoms with van der Waals surface area (Å²) in [6.07, 6.45) is 0. The second-order valence-corrected chi connectivity index (χ2v) is 4.84. The highest BCUT2D eigenvalue weighted by Crippen LogP contribution is 2.28. The number of thiophene rings is 1. The van der Waals surface area contributed by atoms with Gasteiger partial charge in [-0.15, -0.1) is 11.3 Å². The lowest BCUT2D eigenvalue weighted by Gasteiger charge is -1.96. The second kappa shape index (κ2) is 4.16. The average molecular weight is 283 g/mol. The number of rotatable bonds is 2. The summed E-state index contributed by atoms with van der Waals surface area (Å²) in [4.78, 5) is 11.7. The van der Waals surface area contributed by atoms with Gasteiger partial charge in [0, 0.05) is 14.7 Å². The lowest BCUT2D eigenvalue weighted by molar-refractivity contribution is 0.0697. The van der Waals surface area contributed by atoms with E-state index in [0.29, 0.717) is 5.56 Å². The van der Waals surface area contributed by atoms with E-state index in [1.54, 1.807) is 11.4 Å². The molecule has 1 heterocycles. The predicted octanol–water partition coefficient (Wildman–Crippen LogP) is 3.88. The van der Waals surface area contributed by atoms with Crippen LogP contribution in [-0.2, 0) is 0 Å². The first-order valence-electron chi connectivity index (χ1n) is 4.24. The first-order valence-corrected chi connectivity index (χ1v) is 5.92. The number of carboxylic acid groups (broad SMARTS) is 1. The van der Waals surface area contributed by atoms with Gasteiger partial charge in [-0.3, -0.25) is 0 Å². The summed E-state index contributed by atoms with van der Waals surface area (Å²) < 4.78 is 1.02. The normalized spacial score (nSPS) is 10.2. The smallest absolute Gasteiger partial charge is 0.336 e. The zero-order valence-corrected chi connectivity index (χ0v) is 10.0. The Labute approximate surface area is 99.3 Å². The van der Waals surface area contributed by atoms with Crippen LogP contribution >= 0.6 is 27.3 Å². The lowest BCUT2D eigenvalue weighted by Crippen LogP contribution is -1.91. The van der Waals surface area contributed by atoms with Gasteiger partial charge in [-0.2, -0.15) is 0 Å². The van der Waals surface area contributed by atoms with Crippen LogP contribution in [0.2, 0.25) is 0 Å². The molecule has 0 radical (unpaired) electrons. The van der Waals surface area contributed by atoms with Crippen LogP contribution in [-0.4, -0.2) is 11.1 Å². The summed E-state index contributed by atoms with van der Waals surface area (Å²) in [5.41, 5.74) is 1.38. The van der Waals surface area contributed by atoms with Gasteiger partial charge in [0.2, 0.25) is 0 Å². The number of carboxylic acids is 1. The molecule has 0 aliphatic carbocycles. The van der Waals surface area contributed by atoms with E-state index in [1.165, 1.54) is 11.3 Å². The Bertz CT molecular complexity index is 488. The van der Waals surface area contributed by atoms with Crippen LogP contribution in [0.1, 0.15) is 10.4 Å². The van der Waals surface area contributed by atoms with Crippen LogP contribution in [0.4, 0.5) is 0 Å². The highest BCUT2D eigenvalue weighted by atomic mass is 79.9. The van der Waals surface area contributed by atoms with Gasteiger partial charge in [0.1, 0.15) is 0 Å². The maximum atomic E-state index is 10.7. The van der Waals surface area contributed by atoms with Crippen molar-refractivity contribution in [3.8, 4) is 10.4 Å². The number of carbonyl (C=O) groups is 1. The van der Waals surface area contributed by atoms with Gasteiger partial charge in [0.25, 0.3) is 0 Å². The van der Waals surface area contributed by atoms with Gasteiger partial charge in [0.05, 0.1) is 5.56 Å². The Morgan fingerprint density at radius 2 is 1.93 bits per heavy atom. The predicted molar refractivity (Wildman–Crippen MR) is 64.4 cm³/mol. The van der Waals surface area contributed by atoms with Gasteiger partial charge >= 0.3 is 5.97 Å². The average Bonchev–Trinajstić information content (AvgIpc) is 2.68. The molecule has 0 saturated heterocycles. The Morgan fingerprint density at radius 3 is 2.47 bits per heavy atom. The topological polar surface area (TPSA) is 37.3 Å². The van der Waals surface area contributed by atoms with Gasteiger partial charge in [-0.25, -0.2) is 4.79 Å². The SMILES string of the molecule is O=C(O)c1csc(-c2ccc(Br)cc2)c1. The van der Waals surface area contributed by atoms with Gasteiger partial charge in [-0.05, 0) is 23.8 Å². The summed E-state index contributed by atoms with van der Waals surface area (Å²) in [5, 5.41) is 10.4. The van der Waals surface area contributed by atoms with E-state index in [4.69, 9.17) is 5.11 Å². The third-order valence-electron chi connectivity index (χ3n) is 1.98. The fourth-order valence-corrected chi connectivity index (χ4v) is 2.37. The van der Waals surface area contributed by atoms with E-state index < -0.39 is 5.97 Å². The van der Waals surface area contributed by atoms with E-state index >= 15 is 0 Å². The summed E-state index contributed by atoms with van der Waals surface area (Å²) in [7, 11) is 0. The fraction of sp³-hybridized carbons (Fsp3) is 0. The third-order valence-corrected chi connectivity index (χ3v) is 3.48. The number of aromatic carboxylic acids is 1. The highest BCUT2D eigenvalue weighted by Gasteiger charge is 2.07. The van der Waals surface area contributed by atoms with E-state index in [0.717, 1.165) is 14.9 Å². The molecular formula is C11H7BrO2S. The molecule has 0 unspecified atom stereocenters. The number of hydrogen-bond donors (Lipinski definition) is 1. The third kappa shape index (κ3) is 2.27. The second-order valence-electron chi connectivity index (χ2n) is 3.01. The van der Waals surface area contributed by atoms with Crippen molar-refractivity contribution in [2.75, 3.05) is 0 Å². The van der Waals surface area contributed by atoms with Crippen LogP contribution in [0.25, 0.3) is 10.4 Å². The maximum absolute atomic E-state index is 10.7. The molecule has 2 aromatic rings. The zero-order chi connectivity index (χ0) is 10.8. The maximum Gasteiger partial charge on any atom is 0.336 e. The molecular weight excluding hydrogens is 276 g/mol. The largest absolute Gasteiger partial charge is 0.478 e. The molecule has 1 aromatic carbocycles. The van der Waals surface area contributed by atoms with Crippen molar-refractivity contribution in [1.29, 1.82) is 0 Å². The Balaban J connectivity index is 2.37. The Kier molecular flexibility index (Phi) is 2.88. The number of halogens is 1. The van der Waals surface area contributed by atoms with Crippen molar-refractivity contribution in [1.82, 2.24) is 0 Å². The molecule has 2 rings (SSSR count). The molecule has 1 aromatic heterocycles.